The van der Waals surface area contributed by atoms with Crippen molar-refractivity contribution < 1.29 is 13.0 Å². The second kappa shape index (κ2) is 6.68. The average Bonchev–Trinajstić information content (AvgIpc) is 2.33. The van der Waals surface area contributed by atoms with Crippen molar-refractivity contribution in [3.8, 4) is 0 Å². The molecule has 0 aliphatic rings. The highest BCUT2D eigenvalue weighted by atomic mass is 32.2. The van der Waals surface area contributed by atoms with Gasteiger partial charge in [0.15, 0.2) is 0 Å². The Bertz CT molecular complexity index is 497. The number of hydrogen-bond acceptors (Lipinski definition) is 3. The highest BCUT2D eigenvalue weighted by molar-refractivity contribution is 7.85. The Balaban J connectivity index is 2.70. The molecule has 0 aromatic heterocycles. The number of benzene rings is 1. The van der Waals surface area contributed by atoms with Crippen LogP contribution in [-0.2, 0) is 16.7 Å². The predicted molar refractivity (Wildman–Crippen MR) is 73.9 cm³/mol. The zero-order valence-corrected chi connectivity index (χ0v) is 11.4. The topological polar surface area (TPSA) is 57.6 Å². The zero-order valence-electron chi connectivity index (χ0n) is 10.5. The van der Waals surface area contributed by atoms with E-state index in [1.807, 2.05) is 36.1 Å². The molecule has 0 bridgehead atoms. The van der Waals surface area contributed by atoms with Crippen molar-refractivity contribution in [2.24, 2.45) is 0 Å². The van der Waals surface area contributed by atoms with Crippen molar-refractivity contribution >= 4 is 16.2 Å². The van der Waals surface area contributed by atoms with Gasteiger partial charge in [-0.15, -0.1) is 0 Å². The van der Waals surface area contributed by atoms with Gasteiger partial charge in [-0.2, -0.15) is 8.42 Å². The van der Waals surface area contributed by atoms with Crippen LogP contribution in [0.5, 0.6) is 0 Å². The van der Waals surface area contributed by atoms with Crippen LogP contribution in [0.2, 0.25) is 0 Å². The Hall–Kier alpha value is -1.17. The molecule has 1 aromatic rings. The Morgan fingerprint density at radius 3 is 2.61 bits per heavy atom. The zero-order chi connectivity index (χ0) is 13.6. The fourth-order valence-electron chi connectivity index (χ4n) is 1.71. The maximum Gasteiger partial charge on any atom is 0.266 e. The van der Waals surface area contributed by atoms with Gasteiger partial charge >= 0.3 is 0 Å². The van der Waals surface area contributed by atoms with Gasteiger partial charge in [-0.05, 0) is 17.7 Å². The molecule has 0 amide bonds. The standard InChI is InChI=1S/C13H19NO3S/c1-3-12-7-5-6-8-13(12)11-14(4-2)9-10-18(15,16)17/h3,5-8H,1,4,9-11H2,2H3,(H,15,16,17). The van der Waals surface area contributed by atoms with Crippen molar-refractivity contribution in [3.63, 3.8) is 0 Å². The van der Waals surface area contributed by atoms with Crippen LogP contribution in [0, 0.1) is 0 Å². The molecule has 0 fully saturated rings. The van der Waals surface area contributed by atoms with E-state index in [4.69, 9.17) is 4.55 Å². The summed E-state index contributed by atoms with van der Waals surface area (Å²) in [4.78, 5) is 1.97. The molecule has 0 aliphatic heterocycles. The van der Waals surface area contributed by atoms with Crippen LogP contribution >= 0.6 is 0 Å². The SMILES string of the molecule is C=Cc1ccccc1CN(CC)CCS(=O)(=O)O. The molecule has 100 valence electrons. The molecular formula is C13H19NO3S. The molecule has 0 heterocycles. The third kappa shape index (κ3) is 5.00. The molecule has 0 saturated carbocycles. The molecule has 0 saturated heterocycles. The fourth-order valence-corrected chi connectivity index (χ4v) is 2.20. The highest BCUT2D eigenvalue weighted by Gasteiger charge is 2.10. The van der Waals surface area contributed by atoms with Gasteiger partial charge in [0, 0.05) is 13.1 Å². The molecule has 4 nitrogen and oxygen atoms in total. The first-order valence-corrected chi connectivity index (χ1v) is 7.45. The first kappa shape index (κ1) is 14.9. The summed E-state index contributed by atoms with van der Waals surface area (Å²) < 4.78 is 30.2. The fraction of sp³-hybridized carbons (Fsp3) is 0.385. The number of hydrogen-bond donors (Lipinski definition) is 1. The monoisotopic (exact) mass is 269 g/mol. The van der Waals surface area contributed by atoms with Crippen molar-refractivity contribution in [2.75, 3.05) is 18.8 Å². The van der Waals surface area contributed by atoms with Gasteiger partial charge in [0.05, 0.1) is 5.75 Å². The summed E-state index contributed by atoms with van der Waals surface area (Å²) in [7, 11) is -3.90. The molecule has 18 heavy (non-hydrogen) atoms. The molecular weight excluding hydrogens is 250 g/mol. The molecule has 0 radical (unpaired) electrons. The van der Waals surface area contributed by atoms with E-state index in [0.29, 0.717) is 13.1 Å². The largest absolute Gasteiger partial charge is 0.298 e. The van der Waals surface area contributed by atoms with Crippen LogP contribution in [0.15, 0.2) is 30.8 Å². The van der Waals surface area contributed by atoms with Crippen molar-refractivity contribution in [3.05, 3.63) is 42.0 Å². The lowest BCUT2D eigenvalue weighted by Gasteiger charge is -2.20. The minimum Gasteiger partial charge on any atom is -0.298 e. The normalized spacial score (nSPS) is 11.7. The lowest BCUT2D eigenvalue weighted by atomic mass is 10.1. The molecule has 0 atom stereocenters. The molecule has 1 N–H and O–H groups in total. The van der Waals surface area contributed by atoms with Gasteiger partial charge in [-0.25, -0.2) is 0 Å². The summed E-state index contributed by atoms with van der Waals surface area (Å²) in [5, 5.41) is 0. The number of rotatable bonds is 7. The van der Waals surface area contributed by atoms with E-state index in [0.717, 1.165) is 17.7 Å². The summed E-state index contributed by atoms with van der Waals surface area (Å²) in [6, 6.07) is 7.85. The Labute approximate surface area is 109 Å². The molecule has 0 aliphatic carbocycles. The van der Waals surface area contributed by atoms with E-state index in [2.05, 4.69) is 6.58 Å². The first-order chi connectivity index (χ1) is 8.46. The smallest absolute Gasteiger partial charge is 0.266 e. The van der Waals surface area contributed by atoms with E-state index >= 15 is 0 Å². The summed E-state index contributed by atoms with van der Waals surface area (Å²) in [5.74, 6) is -0.239. The van der Waals surface area contributed by atoms with Crippen LogP contribution in [0.1, 0.15) is 18.1 Å². The van der Waals surface area contributed by atoms with Crippen LogP contribution in [0.4, 0.5) is 0 Å². The van der Waals surface area contributed by atoms with Crippen LogP contribution in [0.25, 0.3) is 6.08 Å². The Morgan fingerprint density at radius 1 is 1.39 bits per heavy atom. The van der Waals surface area contributed by atoms with Crippen molar-refractivity contribution in [1.82, 2.24) is 4.90 Å². The van der Waals surface area contributed by atoms with E-state index in [1.54, 1.807) is 6.08 Å². The van der Waals surface area contributed by atoms with Crippen LogP contribution in [0.3, 0.4) is 0 Å². The van der Waals surface area contributed by atoms with Crippen molar-refractivity contribution in [1.29, 1.82) is 0 Å². The summed E-state index contributed by atoms with van der Waals surface area (Å²) >= 11 is 0. The van der Waals surface area contributed by atoms with Crippen molar-refractivity contribution in [2.45, 2.75) is 13.5 Å². The molecule has 0 spiro atoms. The van der Waals surface area contributed by atoms with Crippen LogP contribution in [-0.4, -0.2) is 36.7 Å². The van der Waals surface area contributed by atoms with Crippen LogP contribution < -0.4 is 0 Å². The molecule has 0 unspecified atom stereocenters. The van der Waals surface area contributed by atoms with Gasteiger partial charge < -0.3 is 0 Å². The maximum atomic E-state index is 10.7. The Morgan fingerprint density at radius 2 is 2.06 bits per heavy atom. The minimum atomic E-state index is -3.90. The summed E-state index contributed by atoms with van der Waals surface area (Å²) in [5.41, 5.74) is 2.15. The average molecular weight is 269 g/mol. The molecule has 5 heteroatoms. The first-order valence-electron chi connectivity index (χ1n) is 5.84. The molecule has 1 rings (SSSR count). The van der Waals surface area contributed by atoms with Gasteiger partial charge in [-0.1, -0.05) is 43.8 Å². The highest BCUT2D eigenvalue weighted by Crippen LogP contribution is 2.12. The van der Waals surface area contributed by atoms with Gasteiger partial charge in [0.1, 0.15) is 0 Å². The third-order valence-corrected chi connectivity index (χ3v) is 3.48. The van der Waals surface area contributed by atoms with Gasteiger partial charge in [0.2, 0.25) is 0 Å². The van der Waals surface area contributed by atoms with Gasteiger partial charge in [0.25, 0.3) is 10.1 Å². The van der Waals surface area contributed by atoms with E-state index in [1.165, 1.54) is 0 Å². The summed E-state index contributed by atoms with van der Waals surface area (Å²) in [6.07, 6.45) is 1.78. The number of nitrogens with zero attached hydrogens (tertiary/aromatic N) is 1. The quantitative estimate of drug-likeness (QED) is 0.770. The lowest BCUT2D eigenvalue weighted by Crippen LogP contribution is -2.29. The second-order valence-corrected chi connectivity index (χ2v) is 5.63. The second-order valence-electron chi connectivity index (χ2n) is 4.06. The Kier molecular flexibility index (Phi) is 5.53. The predicted octanol–water partition coefficient (Wildman–Crippen LogP) is 2.04. The summed E-state index contributed by atoms with van der Waals surface area (Å²) in [6.45, 7) is 7.40. The van der Waals surface area contributed by atoms with E-state index in [-0.39, 0.29) is 5.75 Å². The van der Waals surface area contributed by atoms with E-state index < -0.39 is 10.1 Å². The minimum absolute atomic E-state index is 0.239. The third-order valence-electron chi connectivity index (χ3n) is 2.78. The van der Waals surface area contributed by atoms with E-state index in [9.17, 15) is 8.42 Å². The molecule has 1 aromatic carbocycles. The maximum absolute atomic E-state index is 10.7. The van der Waals surface area contributed by atoms with Gasteiger partial charge in [-0.3, -0.25) is 9.45 Å². The lowest BCUT2D eigenvalue weighted by molar-refractivity contribution is 0.294.